The molecule has 3 N–H and O–H groups in total. The third-order valence-electron chi connectivity index (χ3n) is 3.30. The van der Waals surface area contributed by atoms with Crippen LogP contribution in [0.3, 0.4) is 0 Å². The predicted molar refractivity (Wildman–Crippen MR) is 102 cm³/mol. The fraction of sp³-hybridized carbons (Fsp3) is 0.312. The van der Waals surface area contributed by atoms with E-state index in [1.54, 1.807) is 18.2 Å². The molecule has 0 fully saturated rings. The number of aromatic nitrogens is 2. The number of anilines is 1. The average Bonchev–Trinajstić information content (AvgIpc) is 2.51. The molecule has 0 spiro atoms. The maximum Gasteiger partial charge on any atom is 0.305 e. The minimum absolute atomic E-state index is 0.0206. The molecule has 134 valence electrons. The zero-order valence-corrected chi connectivity index (χ0v) is 16.8. The number of ether oxygens (including phenoxy) is 1. The third kappa shape index (κ3) is 5.30. The summed E-state index contributed by atoms with van der Waals surface area (Å²) in [6.45, 7) is 4.14. The number of rotatable bonds is 7. The van der Waals surface area contributed by atoms with Crippen molar-refractivity contribution in [3.05, 3.63) is 43.1 Å². The maximum atomic E-state index is 11.7. The number of halogens is 2. The van der Waals surface area contributed by atoms with E-state index >= 15 is 0 Å². The van der Waals surface area contributed by atoms with Gasteiger partial charge in [0.05, 0.1) is 15.4 Å². The van der Waals surface area contributed by atoms with Crippen LogP contribution in [0.15, 0.2) is 31.9 Å². The molecule has 0 aliphatic heterocycles. The summed E-state index contributed by atoms with van der Waals surface area (Å²) in [6.07, 6.45) is 0.0206. The van der Waals surface area contributed by atoms with Crippen LogP contribution in [0, 0.1) is 0 Å². The number of H-pyrrole nitrogens is 1. The summed E-state index contributed by atoms with van der Waals surface area (Å²) >= 11 is 6.85. The van der Waals surface area contributed by atoms with Gasteiger partial charge in [-0.05, 0) is 49.9 Å². The SMILES string of the molecule is CC(C)c1cc(Oc2c(Br)cc(NCCC(=O)O)cc2Br)n[nH]c1=O. The van der Waals surface area contributed by atoms with Crippen molar-refractivity contribution < 1.29 is 14.6 Å². The Labute approximate surface area is 161 Å². The van der Waals surface area contributed by atoms with Gasteiger partial charge >= 0.3 is 5.97 Å². The molecule has 1 aromatic heterocycles. The molecule has 2 aromatic rings. The fourth-order valence-corrected chi connectivity index (χ4v) is 3.41. The normalized spacial score (nSPS) is 10.8. The molecule has 0 atom stereocenters. The second-order valence-corrected chi connectivity index (χ2v) is 7.30. The lowest BCUT2D eigenvalue weighted by atomic mass is 10.1. The second kappa shape index (κ2) is 8.48. The Morgan fingerprint density at radius 2 is 1.96 bits per heavy atom. The van der Waals surface area contributed by atoms with E-state index in [0.29, 0.717) is 26.8 Å². The molecule has 2 rings (SSSR count). The first-order chi connectivity index (χ1) is 11.8. The fourth-order valence-electron chi connectivity index (χ4n) is 2.06. The van der Waals surface area contributed by atoms with Crippen LogP contribution in [0.5, 0.6) is 11.6 Å². The van der Waals surface area contributed by atoms with Crippen molar-refractivity contribution >= 4 is 43.5 Å². The highest BCUT2D eigenvalue weighted by Gasteiger charge is 2.13. The van der Waals surface area contributed by atoms with Gasteiger partial charge in [-0.2, -0.15) is 0 Å². The second-order valence-electron chi connectivity index (χ2n) is 5.59. The van der Waals surface area contributed by atoms with E-state index < -0.39 is 5.97 Å². The van der Waals surface area contributed by atoms with Gasteiger partial charge in [0, 0.05) is 23.9 Å². The van der Waals surface area contributed by atoms with Gasteiger partial charge < -0.3 is 15.2 Å². The molecule has 0 unspecified atom stereocenters. The summed E-state index contributed by atoms with van der Waals surface area (Å²) in [5, 5.41) is 18.0. The Balaban J connectivity index is 2.21. The van der Waals surface area contributed by atoms with Gasteiger partial charge in [-0.25, -0.2) is 5.10 Å². The van der Waals surface area contributed by atoms with E-state index in [4.69, 9.17) is 9.84 Å². The molecule has 0 radical (unpaired) electrons. The largest absolute Gasteiger partial charge is 0.481 e. The number of carboxylic acids is 1. The van der Waals surface area contributed by atoms with Crippen molar-refractivity contribution in [3.8, 4) is 11.6 Å². The molecule has 0 aliphatic rings. The molecule has 1 heterocycles. The molecular formula is C16H17Br2N3O4. The number of hydrogen-bond donors (Lipinski definition) is 3. The summed E-state index contributed by atoms with van der Waals surface area (Å²) in [5.41, 5.74) is 1.09. The van der Waals surface area contributed by atoms with Crippen molar-refractivity contribution in [1.82, 2.24) is 10.2 Å². The predicted octanol–water partition coefficient (Wildman–Crippen LogP) is 4.10. The molecule has 0 saturated carbocycles. The lowest BCUT2D eigenvalue weighted by Gasteiger charge is -2.13. The van der Waals surface area contributed by atoms with E-state index in [1.807, 2.05) is 13.8 Å². The van der Waals surface area contributed by atoms with E-state index in [1.165, 1.54) is 0 Å². The van der Waals surface area contributed by atoms with Gasteiger partial charge in [-0.1, -0.05) is 13.8 Å². The number of nitrogens with zero attached hydrogens (tertiary/aromatic N) is 1. The standard InChI is InChI=1S/C16H17Br2N3O4/c1-8(2)10-7-13(20-21-16(10)24)25-15-11(17)5-9(6-12(15)18)19-4-3-14(22)23/h5-8,19H,3-4H2,1-2H3,(H,21,24)(H,22,23). The summed E-state index contributed by atoms with van der Waals surface area (Å²) in [6, 6.07) is 5.16. The molecule has 1 aromatic carbocycles. The van der Waals surface area contributed by atoms with Gasteiger partial charge in [-0.3, -0.25) is 9.59 Å². The van der Waals surface area contributed by atoms with Crippen LogP contribution in [-0.4, -0.2) is 27.8 Å². The molecule has 0 amide bonds. The number of aromatic amines is 1. The number of carbonyl (C=O) groups is 1. The van der Waals surface area contributed by atoms with E-state index in [9.17, 15) is 9.59 Å². The highest BCUT2D eigenvalue weighted by Crippen LogP contribution is 2.38. The van der Waals surface area contributed by atoms with Crippen molar-refractivity contribution in [2.75, 3.05) is 11.9 Å². The van der Waals surface area contributed by atoms with E-state index in [2.05, 4.69) is 47.4 Å². The highest BCUT2D eigenvalue weighted by atomic mass is 79.9. The molecular weight excluding hydrogens is 458 g/mol. The van der Waals surface area contributed by atoms with E-state index in [0.717, 1.165) is 5.69 Å². The monoisotopic (exact) mass is 473 g/mol. The molecule has 0 saturated heterocycles. The summed E-state index contributed by atoms with van der Waals surface area (Å²) < 4.78 is 7.09. The Morgan fingerprint density at radius 1 is 1.32 bits per heavy atom. The zero-order chi connectivity index (χ0) is 18.6. The highest BCUT2D eigenvalue weighted by molar-refractivity contribution is 9.11. The number of benzene rings is 1. The smallest absolute Gasteiger partial charge is 0.305 e. The van der Waals surface area contributed by atoms with Crippen molar-refractivity contribution in [2.45, 2.75) is 26.2 Å². The molecule has 0 aliphatic carbocycles. The van der Waals surface area contributed by atoms with Crippen molar-refractivity contribution in [2.24, 2.45) is 0 Å². The lowest BCUT2D eigenvalue weighted by Crippen LogP contribution is -2.15. The molecule has 9 heteroatoms. The van der Waals surface area contributed by atoms with Gasteiger partial charge in [-0.15, -0.1) is 5.10 Å². The van der Waals surface area contributed by atoms with Crippen LogP contribution in [0.1, 0.15) is 31.7 Å². The Kier molecular flexibility index (Phi) is 6.60. The average molecular weight is 475 g/mol. The van der Waals surface area contributed by atoms with Gasteiger partial charge in [0.2, 0.25) is 5.88 Å². The Morgan fingerprint density at radius 3 is 2.52 bits per heavy atom. The Bertz CT molecular complexity index is 813. The van der Waals surface area contributed by atoms with Crippen LogP contribution in [0.4, 0.5) is 5.69 Å². The summed E-state index contributed by atoms with van der Waals surface area (Å²) in [7, 11) is 0. The number of aliphatic carboxylic acids is 1. The van der Waals surface area contributed by atoms with Crippen LogP contribution < -0.4 is 15.6 Å². The first-order valence-electron chi connectivity index (χ1n) is 7.50. The van der Waals surface area contributed by atoms with Crippen molar-refractivity contribution in [1.29, 1.82) is 0 Å². The first kappa shape index (κ1) is 19.5. The molecule has 7 nitrogen and oxygen atoms in total. The van der Waals surface area contributed by atoms with Gasteiger partial charge in [0.1, 0.15) is 0 Å². The lowest BCUT2D eigenvalue weighted by molar-refractivity contribution is -0.136. The quantitative estimate of drug-likeness (QED) is 0.558. The minimum atomic E-state index is -0.865. The van der Waals surface area contributed by atoms with Gasteiger partial charge in [0.15, 0.2) is 5.75 Å². The maximum absolute atomic E-state index is 11.7. The number of hydrogen-bond acceptors (Lipinski definition) is 5. The number of carboxylic acid groups (broad SMARTS) is 1. The summed E-state index contributed by atoms with van der Waals surface area (Å²) in [5.74, 6) is -0.0493. The van der Waals surface area contributed by atoms with Crippen LogP contribution >= 0.6 is 31.9 Å². The summed E-state index contributed by atoms with van der Waals surface area (Å²) in [4.78, 5) is 22.3. The first-order valence-corrected chi connectivity index (χ1v) is 9.08. The number of nitrogens with one attached hydrogen (secondary N) is 2. The topological polar surface area (TPSA) is 104 Å². The molecule has 0 bridgehead atoms. The Hall–Kier alpha value is -1.87. The van der Waals surface area contributed by atoms with Gasteiger partial charge in [0.25, 0.3) is 5.56 Å². The third-order valence-corrected chi connectivity index (χ3v) is 4.48. The van der Waals surface area contributed by atoms with Crippen LogP contribution in [-0.2, 0) is 4.79 Å². The minimum Gasteiger partial charge on any atom is -0.481 e. The van der Waals surface area contributed by atoms with E-state index in [-0.39, 0.29) is 23.8 Å². The van der Waals surface area contributed by atoms with Crippen LogP contribution in [0.25, 0.3) is 0 Å². The van der Waals surface area contributed by atoms with Crippen LogP contribution in [0.2, 0.25) is 0 Å². The molecule has 25 heavy (non-hydrogen) atoms. The van der Waals surface area contributed by atoms with Crippen molar-refractivity contribution in [3.63, 3.8) is 0 Å². The zero-order valence-electron chi connectivity index (χ0n) is 13.6.